The van der Waals surface area contributed by atoms with Gasteiger partial charge in [0, 0.05) is 24.1 Å². The Morgan fingerprint density at radius 1 is 1.26 bits per heavy atom. The summed E-state index contributed by atoms with van der Waals surface area (Å²) in [5, 5.41) is 0. The van der Waals surface area contributed by atoms with Gasteiger partial charge in [0.25, 0.3) is 0 Å². The van der Waals surface area contributed by atoms with Gasteiger partial charge in [0.05, 0.1) is 36.2 Å². The van der Waals surface area contributed by atoms with Crippen LogP contribution in [0.25, 0.3) is 16.9 Å². The molecule has 1 unspecified atom stereocenters. The average molecular weight is 490 g/mol. The molecule has 0 radical (unpaired) electrons. The number of ether oxygens (including phenoxy) is 2. The molecule has 0 N–H and O–H groups in total. The van der Waals surface area contributed by atoms with E-state index >= 15 is 8.78 Å². The number of carbonyl (C=O) groups is 1. The standard InChI is InChI=1S/C25H29F2N3O3S/c1-15-6-7-30-20(11-16-14-29(8-9-32-16)24(31)33-25(2,3)4)23(28-21(30)10-15)22-18(26)12-17(34-5)13-19(22)27/h6-7,10,12-13,16H,8-9,11,14H2,1-5H3. The van der Waals surface area contributed by atoms with Crippen LogP contribution in [-0.4, -0.2) is 58.0 Å². The van der Waals surface area contributed by atoms with Crippen LogP contribution in [-0.2, 0) is 15.9 Å². The average Bonchev–Trinajstić information content (AvgIpc) is 3.09. The summed E-state index contributed by atoms with van der Waals surface area (Å²) < 4.78 is 43.4. The Bertz CT molecular complexity index is 1200. The third-order valence-corrected chi connectivity index (χ3v) is 6.29. The number of benzene rings is 1. The van der Waals surface area contributed by atoms with Gasteiger partial charge in [-0.25, -0.2) is 18.6 Å². The first-order chi connectivity index (χ1) is 16.1. The zero-order valence-corrected chi connectivity index (χ0v) is 20.8. The largest absolute Gasteiger partial charge is 0.444 e. The lowest BCUT2D eigenvalue weighted by Crippen LogP contribution is -2.48. The van der Waals surface area contributed by atoms with Crippen LogP contribution in [0.4, 0.5) is 13.6 Å². The molecule has 1 saturated heterocycles. The van der Waals surface area contributed by atoms with Crippen molar-refractivity contribution in [2.45, 2.75) is 50.7 Å². The second-order valence-electron chi connectivity index (χ2n) is 9.43. The molecule has 0 spiro atoms. The van der Waals surface area contributed by atoms with E-state index in [-0.39, 0.29) is 17.4 Å². The third-order valence-electron chi connectivity index (χ3n) is 5.58. The number of fused-ring (bicyclic) bond motifs is 1. The van der Waals surface area contributed by atoms with Crippen molar-refractivity contribution < 1.29 is 23.0 Å². The summed E-state index contributed by atoms with van der Waals surface area (Å²) in [7, 11) is 0. The lowest BCUT2D eigenvalue weighted by Gasteiger charge is -2.34. The number of imidazole rings is 1. The summed E-state index contributed by atoms with van der Waals surface area (Å²) in [4.78, 5) is 19.3. The number of amides is 1. The molecule has 1 atom stereocenters. The first-order valence-corrected chi connectivity index (χ1v) is 12.4. The summed E-state index contributed by atoms with van der Waals surface area (Å²) in [5.41, 5.74) is 1.69. The first kappa shape index (κ1) is 24.5. The fraction of sp³-hybridized carbons (Fsp3) is 0.440. The molecule has 4 rings (SSSR count). The summed E-state index contributed by atoms with van der Waals surface area (Å²) in [5.74, 6) is -1.32. The van der Waals surface area contributed by atoms with Gasteiger partial charge in [-0.3, -0.25) is 0 Å². The summed E-state index contributed by atoms with van der Waals surface area (Å²) in [6.07, 6.45) is 3.15. The maximum atomic E-state index is 15.1. The molecule has 1 aromatic carbocycles. The number of nitrogens with zero attached hydrogens (tertiary/aromatic N) is 3. The van der Waals surface area contributed by atoms with Crippen molar-refractivity contribution in [2.24, 2.45) is 0 Å². The molecule has 0 aliphatic carbocycles. The lowest BCUT2D eigenvalue weighted by atomic mass is 10.0. The zero-order valence-electron chi connectivity index (χ0n) is 20.0. The Morgan fingerprint density at radius 3 is 2.62 bits per heavy atom. The van der Waals surface area contributed by atoms with Crippen LogP contribution in [0.15, 0.2) is 35.4 Å². The van der Waals surface area contributed by atoms with Gasteiger partial charge in [-0.2, -0.15) is 0 Å². The minimum absolute atomic E-state index is 0.158. The van der Waals surface area contributed by atoms with E-state index in [1.807, 2.05) is 50.4 Å². The van der Waals surface area contributed by atoms with Crippen LogP contribution < -0.4 is 0 Å². The summed E-state index contributed by atoms with van der Waals surface area (Å²) in [6, 6.07) is 6.43. The topological polar surface area (TPSA) is 56.1 Å². The highest BCUT2D eigenvalue weighted by atomic mass is 32.2. The maximum absolute atomic E-state index is 15.1. The number of morpholine rings is 1. The van der Waals surface area contributed by atoms with E-state index in [0.717, 1.165) is 5.56 Å². The van der Waals surface area contributed by atoms with Crippen molar-refractivity contribution in [3.8, 4) is 11.3 Å². The molecular weight excluding hydrogens is 460 g/mol. The molecule has 3 heterocycles. The van der Waals surface area contributed by atoms with Crippen molar-refractivity contribution in [1.82, 2.24) is 14.3 Å². The Labute approximate surface area is 202 Å². The van der Waals surface area contributed by atoms with Crippen LogP contribution in [0.2, 0.25) is 0 Å². The Morgan fingerprint density at radius 2 is 1.97 bits per heavy atom. The van der Waals surface area contributed by atoms with E-state index in [9.17, 15) is 4.79 Å². The van der Waals surface area contributed by atoms with Crippen molar-refractivity contribution >= 4 is 23.5 Å². The monoisotopic (exact) mass is 489 g/mol. The number of hydrogen-bond acceptors (Lipinski definition) is 5. The molecule has 9 heteroatoms. The van der Waals surface area contributed by atoms with Gasteiger partial charge in [0.1, 0.15) is 22.9 Å². The Hall–Kier alpha value is -2.65. The number of thioether (sulfide) groups is 1. The molecule has 1 fully saturated rings. The van der Waals surface area contributed by atoms with Gasteiger partial charge in [-0.15, -0.1) is 11.8 Å². The Balaban J connectivity index is 1.71. The van der Waals surface area contributed by atoms with Gasteiger partial charge in [0.15, 0.2) is 0 Å². The summed E-state index contributed by atoms with van der Waals surface area (Å²) in [6.45, 7) is 8.47. The highest BCUT2D eigenvalue weighted by molar-refractivity contribution is 7.98. The predicted octanol–water partition coefficient (Wildman–Crippen LogP) is 5.49. The molecule has 2 aromatic heterocycles. The number of aromatic nitrogens is 2. The molecule has 0 bridgehead atoms. The highest BCUT2D eigenvalue weighted by Gasteiger charge is 2.30. The van der Waals surface area contributed by atoms with E-state index in [1.165, 1.54) is 23.9 Å². The highest BCUT2D eigenvalue weighted by Crippen LogP contribution is 2.33. The van der Waals surface area contributed by atoms with E-state index in [1.54, 1.807) is 11.2 Å². The zero-order chi connectivity index (χ0) is 24.6. The number of aryl methyl sites for hydroxylation is 1. The van der Waals surface area contributed by atoms with E-state index in [2.05, 4.69) is 4.98 Å². The number of hydrogen-bond donors (Lipinski definition) is 0. The molecule has 6 nitrogen and oxygen atoms in total. The molecule has 1 amide bonds. The lowest BCUT2D eigenvalue weighted by molar-refractivity contribution is -0.0418. The second-order valence-corrected chi connectivity index (χ2v) is 10.3. The van der Waals surface area contributed by atoms with E-state index in [0.29, 0.717) is 42.4 Å². The van der Waals surface area contributed by atoms with Crippen molar-refractivity contribution in [1.29, 1.82) is 0 Å². The van der Waals surface area contributed by atoms with Crippen LogP contribution >= 0.6 is 11.8 Å². The molecule has 1 aliphatic heterocycles. The van der Waals surface area contributed by atoms with E-state index in [4.69, 9.17) is 9.47 Å². The first-order valence-electron chi connectivity index (χ1n) is 11.2. The van der Waals surface area contributed by atoms with Crippen molar-refractivity contribution in [3.63, 3.8) is 0 Å². The number of pyridine rings is 1. The minimum atomic E-state index is -0.661. The Kier molecular flexibility index (Phi) is 6.87. The SMILES string of the molecule is CSc1cc(F)c(-c2nc3cc(C)ccn3c2CC2CN(C(=O)OC(C)(C)C)CCO2)c(F)c1. The molecule has 1 aliphatic rings. The quantitative estimate of drug-likeness (QED) is 0.454. The van der Waals surface area contributed by atoms with Gasteiger partial charge in [-0.05, 0) is 63.8 Å². The predicted molar refractivity (Wildman–Crippen MR) is 128 cm³/mol. The molecule has 0 saturated carbocycles. The van der Waals surface area contributed by atoms with Crippen molar-refractivity contribution in [2.75, 3.05) is 26.0 Å². The molecule has 3 aromatic rings. The number of carbonyl (C=O) groups excluding carboxylic acids is 1. The van der Waals surface area contributed by atoms with Gasteiger partial charge < -0.3 is 18.8 Å². The normalized spacial score (nSPS) is 16.8. The fourth-order valence-corrected chi connectivity index (χ4v) is 4.48. The number of halogens is 2. The number of rotatable bonds is 4. The van der Waals surface area contributed by atoms with Gasteiger partial charge in [-0.1, -0.05) is 0 Å². The van der Waals surface area contributed by atoms with Gasteiger partial charge >= 0.3 is 6.09 Å². The summed E-state index contributed by atoms with van der Waals surface area (Å²) >= 11 is 1.27. The van der Waals surface area contributed by atoms with Crippen LogP contribution in [0.5, 0.6) is 0 Å². The second kappa shape index (κ2) is 9.54. The van der Waals surface area contributed by atoms with Crippen LogP contribution in [0, 0.1) is 18.6 Å². The third kappa shape index (κ3) is 5.20. The van der Waals surface area contributed by atoms with Gasteiger partial charge in [0.2, 0.25) is 0 Å². The smallest absolute Gasteiger partial charge is 0.410 e. The van der Waals surface area contributed by atoms with Crippen LogP contribution in [0.1, 0.15) is 32.0 Å². The van der Waals surface area contributed by atoms with Crippen LogP contribution in [0.3, 0.4) is 0 Å². The molecule has 34 heavy (non-hydrogen) atoms. The fourth-order valence-electron chi connectivity index (χ4n) is 4.04. The molecule has 182 valence electrons. The maximum Gasteiger partial charge on any atom is 0.410 e. The molecular formula is C25H29F2N3O3S. The van der Waals surface area contributed by atoms with E-state index < -0.39 is 23.3 Å². The van der Waals surface area contributed by atoms with Crippen molar-refractivity contribution in [3.05, 3.63) is 53.4 Å². The minimum Gasteiger partial charge on any atom is -0.444 e.